The van der Waals surface area contributed by atoms with Crippen LogP contribution in [0.4, 0.5) is 0 Å². The third-order valence-electron chi connectivity index (χ3n) is 7.83. The van der Waals surface area contributed by atoms with Gasteiger partial charge in [0.25, 0.3) is 0 Å². The highest BCUT2D eigenvalue weighted by Crippen LogP contribution is 2.48. The number of aryl methyl sites for hydroxylation is 1. The predicted molar refractivity (Wildman–Crippen MR) is 120 cm³/mol. The zero-order chi connectivity index (χ0) is 19.2. The van der Waals surface area contributed by atoms with Gasteiger partial charge in [0.2, 0.25) is 0 Å². The molecular formula is C27H34. The largest absolute Gasteiger partial charge is 0.0625 e. The highest BCUT2D eigenvalue weighted by molar-refractivity contribution is 6.08. The molecule has 0 N–H and O–H groups in total. The Hall–Kier alpha value is -1.82. The molecule has 0 radical (unpaired) electrons. The van der Waals surface area contributed by atoms with E-state index in [9.17, 15) is 0 Å². The quantitative estimate of drug-likeness (QED) is 0.406. The molecular weight excluding hydrogens is 324 g/mol. The molecule has 0 bridgehead atoms. The van der Waals surface area contributed by atoms with E-state index in [1.54, 1.807) is 11.1 Å². The van der Waals surface area contributed by atoms with E-state index in [4.69, 9.17) is 0 Å². The van der Waals surface area contributed by atoms with Gasteiger partial charge in [0, 0.05) is 0 Å². The summed E-state index contributed by atoms with van der Waals surface area (Å²) in [6, 6.07) is 18.3. The molecule has 0 fully saturated rings. The average Bonchev–Trinajstić information content (AvgIpc) is 3.03. The van der Waals surface area contributed by atoms with Gasteiger partial charge in [-0.3, -0.25) is 0 Å². The highest BCUT2D eigenvalue weighted by atomic mass is 14.4. The van der Waals surface area contributed by atoms with E-state index in [0.717, 1.165) is 17.8 Å². The lowest BCUT2D eigenvalue weighted by Crippen LogP contribution is -2.28. The Balaban J connectivity index is 1.71. The zero-order valence-corrected chi connectivity index (χ0v) is 17.7. The van der Waals surface area contributed by atoms with Gasteiger partial charge in [-0.05, 0) is 75.1 Å². The first-order valence-electron chi connectivity index (χ1n) is 10.9. The topological polar surface area (TPSA) is 0 Å². The second-order valence-electron chi connectivity index (χ2n) is 9.59. The molecule has 4 rings (SSSR count). The van der Waals surface area contributed by atoms with E-state index < -0.39 is 0 Å². The van der Waals surface area contributed by atoms with Gasteiger partial charge in [-0.2, -0.15) is 0 Å². The van der Waals surface area contributed by atoms with Crippen LogP contribution in [-0.2, 0) is 11.8 Å². The van der Waals surface area contributed by atoms with E-state index in [-0.39, 0.29) is 0 Å². The Morgan fingerprint density at radius 3 is 2.33 bits per heavy atom. The van der Waals surface area contributed by atoms with Crippen LogP contribution in [0.5, 0.6) is 0 Å². The van der Waals surface area contributed by atoms with Gasteiger partial charge < -0.3 is 0 Å². The second-order valence-corrected chi connectivity index (χ2v) is 9.59. The van der Waals surface area contributed by atoms with Crippen LogP contribution in [0.2, 0.25) is 0 Å². The standard InChI is InChI=1S/C27H34/c1-18(2)19(3)10-11-20(4)27(5)17-16-25-24-13-12-21-8-6-7-9-22(21)23(24)14-15-26(25)27/h6-9,12-15,18-20H,10-11,16-17H2,1-5H3/t19?,20-,27+/m1/s1. The molecule has 1 unspecified atom stereocenters. The Morgan fingerprint density at radius 2 is 1.56 bits per heavy atom. The molecule has 1 aliphatic rings. The zero-order valence-electron chi connectivity index (χ0n) is 17.7. The van der Waals surface area contributed by atoms with Crippen molar-refractivity contribution in [3.63, 3.8) is 0 Å². The fourth-order valence-corrected chi connectivity index (χ4v) is 5.15. The van der Waals surface area contributed by atoms with E-state index in [1.165, 1.54) is 47.2 Å². The van der Waals surface area contributed by atoms with Crippen LogP contribution in [0.3, 0.4) is 0 Å². The molecule has 0 heterocycles. The average molecular weight is 359 g/mol. The van der Waals surface area contributed by atoms with Crippen molar-refractivity contribution in [2.45, 2.75) is 65.7 Å². The summed E-state index contributed by atoms with van der Waals surface area (Å²) in [5, 5.41) is 5.65. The van der Waals surface area contributed by atoms with Gasteiger partial charge in [-0.25, -0.2) is 0 Å². The Kier molecular flexibility index (Phi) is 4.78. The van der Waals surface area contributed by atoms with Crippen molar-refractivity contribution < 1.29 is 0 Å². The van der Waals surface area contributed by atoms with Crippen LogP contribution in [0.1, 0.15) is 65.0 Å². The summed E-state index contributed by atoms with van der Waals surface area (Å²) >= 11 is 0. The number of fused-ring (bicyclic) bond motifs is 5. The summed E-state index contributed by atoms with van der Waals surface area (Å²) in [6.45, 7) is 12.2. The van der Waals surface area contributed by atoms with Gasteiger partial charge in [0.1, 0.15) is 0 Å². The van der Waals surface area contributed by atoms with Crippen molar-refractivity contribution in [1.82, 2.24) is 0 Å². The van der Waals surface area contributed by atoms with Crippen molar-refractivity contribution in [3.05, 3.63) is 59.7 Å². The summed E-state index contributed by atoms with van der Waals surface area (Å²) in [6.07, 6.45) is 5.21. The third-order valence-corrected chi connectivity index (χ3v) is 7.83. The second kappa shape index (κ2) is 6.97. The SMILES string of the molecule is CC(C)C(C)CC[C@@H](C)[C@]1(C)CCc2c1ccc1c2ccc2ccccc21. The first-order chi connectivity index (χ1) is 12.9. The minimum absolute atomic E-state index is 0.325. The van der Waals surface area contributed by atoms with Gasteiger partial charge in [-0.1, -0.05) is 89.6 Å². The van der Waals surface area contributed by atoms with Gasteiger partial charge in [0.15, 0.2) is 0 Å². The molecule has 142 valence electrons. The van der Waals surface area contributed by atoms with Crippen molar-refractivity contribution in [3.8, 4) is 0 Å². The van der Waals surface area contributed by atoms with Gasteiger partial charge >= 0.3 is 0 Å². The molecule has 0 amide bonds. The Labute approximate surface area is 165 Å². The van der Waals surface area contributed by atoms with Crippen molar-refractivity contribution in [1.29, 1.82) is 0 Å². The molecule has 0 aromatic heterocycles. The van der Waals surface area contributed by atoms with Crippen LogP contribution < -0.4 is 0 Å². The molecule has 0 spiro atoms. The smallest absolute Gasteiger partial charge is 0.00435 e. The summed E-state index contributed by atoms with van der Waals surface area (Å²) < 4.78 is 0. The Morgan fingerprint density at radius 1 is 0.815 bits per heavy atom. The van der Waals surface area contributed by atoms with Crippen molar-refractivity contribution in [2.75, 3.05) is 0 Å². The van der Waals surface area contributed by atoms with Gasteiger partial charge in [0.05, 0.1) is 0 Å². The lowest BCUT2D eigenvalue weighted by molar-refractivity contribution is 0.260. The number of benzene rings is 3. The monoisotopic (exact) mass is 358 g/mol. The van der Waals surface area contributed by atoms with Crippen LogP contribution in [-0.4, -0.2) is 0 Å². The molecule has 27 heavy (non-hydrogen) atoms. The predicted octanol–water partition coefficient (Wildman–Crippen LogP) is 7.91. The molecule has 0 nitrogen and oxygen atoms in total. The van der Waals surface area contributed by atoms with E-state index in [2.05, 4.69) is 83.1 Å². The fourth-order valence-electron chi connectivity index (χ4n) is 5.15. The molecule has 3 aromatic carbocycles. The first kappa shape index (κ1) is 18.5. The molecule has 3 aromatic rings. The van der Waals surface area contributed by atoms with E-state index in [1.807, 2.05) is 0 Å². The minimum Gasteiger partial charge on any atom is -0.0625 e. The molecule has 0 aliphatic heterocycles. The normalized spacial score (nSPS) is 21.7. The summed E-state index contributed by atoms with van der Waals surface area (Å²) in [7, 11) is 0. The van der Waals surface area contributed by atoms with Crippen LogP contribution >= 0.6 is 0 Å². The van der Waals surface area contributed by atoms with E-state index >= 15 is 0 Å². The first-order valence-corrected chi connectivity index (χ1v) is 10.9. The molecule has 0 heteroatoms. The van der Waals surface area contributed by atoms with Crippen molar-refractivity contribution >= 4 is 21.5 Å². The fraction of sp³-hybridized carbons (Fsp3) is 0.481. The van der Waals surface area contributed by atoms with Crippen LogP contribution in [0.25, 0.3) is 21.5 Å². The lowest BCUT2D eigenvalue weighted by atomic mass is 9.70. The Bertz CT molecular complexity index is 964. The summed E-state index contributed by atoms with van der Waals surface area (Å²) in [5.41, 5.74) is 3.56. The number of rotatable bonds is 5. The maximum atomic E-state index is 2.52. The van der Waals surface area contributed by atoms with Crippen molar-refractivity contribution in [2.24, 2.45) is 17.8 Å². The van der Waals surface area contributed by atoms with Crippen LogP contribution in [0, 0.1) is 17.8 Å². The van der Waals surface area contributed by atoms with Gasteiger partial charge in [-0.15, -0.1) is 0 Å². The maximum absolute atomic E-state index is 2.52. The molecule has 0 saturated carbocycles. The highest BCUT2D eigenvalue weighted by Gasteiger charge is 2.39. The van der Waals surface area contributed by atoms with E-state index in [0.29, 0.717) is 5.41 Å². The molecule has 1 aliphatic carbocycles. The summed E-state index contributed by atoms with van der Waals surface area (Å²) in [5.74, 6) is 2.34. The lowest BCUT2D eigenvalue weighted by Gasteiger charge is -2.34. The summed E-state index contributed by atoms with van der Waals surface area (Å²) in [4.78, 5) is 0. The maximum Gasteiger partial charge on any atom is -0.00435 e. The number of hydrogen-bond acceptors (Lipinski definition) is 0. The van der Waals surface area contributed by atoms with Crippen LogP contribution in [0.15, 0.2) is 48.5 Å². The third kappa shape index (κ3) is 3.08. The minimum atomic E-state index is 0.325. The molecule has 3 atom stereocenters. The number of hydrogen-bond donors (Lipinski definition) is 0. The molecule has 0 saturated heterocycles.